The van der Waals surface area contributed by atoms with E-state index < -0.39 is 20.6 Å². The molecule has 0 bridgehead atoms. The Morgan fingerprint density at radius 2 is 1.88 bits per heavy atom. The molecule has 130 valence electrons. The van der Waals surface area contributed by atoms with Gasteiger partial charge in [0.1, 0.15) is 5.02 Å². The number of nitrogens with zero attached hydrogens (tertiary/aromatic N) is 2. The van der Waals surface area contributed by atoms with E-state index in [0.717, 1.165) is 16.1 Å². The van der Waals surface area contributed by atoms with Gasteiger partial charge in [0.2, 0.25) is 0 Å². The molecule has 3 aromatic rings. The van der Waals surface area contributed by atoms with Crippen molar-refractivity contribution in [2.45, 2.75) is 11.5 Å². The van der Waals surface area contributed by atoms with E-state index in [0.29, 0.717) is 16.0 Å². The summed E-state index contributed by atoms with van der Waals surface area (Å²) in [5.74, 6) is 0. The topological polar surface area (TPSA) is 102 Å². The molecule has 25 heavy (non-hydrogen) atoms. The Labute approximate surface area is 152 Å². The first kappa shape index (κ1) is 17.7. The Morgan fingerprint density at radius 1 is 1.16 bits per heavy atom. The average Bonchev–Trinajstić information content (AvgIpc) is 2.93. The Kier molecular flexibility index (Phi) is 4.46. The molecule has 0 atom stereocenters. The zero-order chi connectivity index (χ0) is 18.4. The molecule has 0 aliphatic rings. The SMILES string of the molecule is O=[N+]([O-])c1cc(S(=O)(=O)n2cc(CO)c3ccc(Cl)cc32)ccc1Cl. The van der Waals surface area contributed by atoms with Crippen molar-refractivity contribution in [1.29, 1.82) is 0 Å². The monoisotopic (exact) mass is 400 g/mol. The van der Waals surface area contributed by atoms with Crippen LogP contribution in [0.25, 0.3) is 10.9 Å². The maximum Gasteiger partial charge on any atom is 0.289 e. The highest BCUT2D eigenvalue weighted by Gasteiger charge is 2.24. The lowest BCUT2D eigenvalue weighted by Gasteiger charge is -2.08. The van der Waals surface area contributed by atoms with Crippen molar-refractivity contribution in [3.05, 3.63) is 68.3 Å². The number of aromatic nitrogens is 1. The van der Waals surface area contributed by atoms with Gasteiger partial charge in [0.25, 0.3) is 15.7 Å². The summed E-state index contributed by atoms with van der Waals surface area (Å²) in [6.45, 7) is -0.374. The van der Waals surface area contributed by atoms with Gasteiger partial charge >= 0.3 is 0 Å². The van der Waals surface area contributed by atoms with Gasteiger partial charge in [-0.3, -0.25) is 10.1 Å². The summed E-state index contributed by atoms with van der Waals surface area (Å²) in [5.41, 5.74) is 0.132. The molecule has 2 aromatic carbocycles. The van der Waals surface area contributed by atoms with Crippen LogP contribution in [0.1, 0.15) is 5.56 Å². The predicted molar refractivity (Wildman–Crippen MR) is 93.6 cm³/mol. The minimum atomic E-state index is -4.16. The third-order valence-electron chi connectivity index (χ3n) is 3.66. The number of benzene rings is 2. The molecule has 1 heterocycles. The first-order valence-electron chi connectivity index (χ1n) is 6.85. The van der Waals surface area contributed by atoms with E-state index in [-0.39, 0.29) is 22.0 Å². The minimum absolute atomic E-state index is 0.166. The molecule has 1 N–H and O–H groups in total. The zero-order valence-corrected chi connectivity index (χ0v) is 14.7. The molecule has 0 aliphatic carbocycles. The number of nitro benzene ring substituents is 1. The van der Waals surface area contributed by atoms with Crippen LogP contribution in [0.4, 0.5) is 5.69 Å². The van der Waals surface area contributed by atoms with Crippen LogP contribution >= 0.6 is 23.2 Å². The smallest absolute Gasteiger partial charge is 0.289 e. The Morgan fingerprint density at radius 3 is 2.52 bits per heavy atom. The Bertz CT molecular complexity index is 1110. The fraction of sp³-hybridized carbons (Fsp3) is 0.0667. The van der Waals surface area contributed by atoms with Crippen molar-refractivity contribution in [2.24, 2.45) is 0 Å². The van der Waals surface area contributed by atoms with Gasteiger partial charge < -0.3 is 5.11 Å². The van der Waals surface area contributed by atoms with Crippen molar-refractivity contribution < 1.29 is 18.4 Å². The molecular weight excluding hydrogens is 391 g/mol. The van der Waals surface area contributed by atoms with Crippen LogP contribution in [0.15, 0.2) is 47.5 Å². The standard InChI is InChI=1S/C15H10Cl2N2O5S/c16-10-1-3-12-9(8-20)7-18(14(12)5-10)25(23,24)11-2-4-13(17)15(6-11)19(21)22/h1-7,20H,8H2. The number of aliphatic hydroxyl groups is 1. The molecule has 0 saturated carbocycles. The summed E-state index contributed by atoms with van der Waals surface area (Å²) in [7, 11) is -4.16. The number of halogens is 2. The van der Waals surface area contributed by atoms with Gasteiger partial charge in [0.05, 0.1) is 21.9 Å². The van der Waals surface area contributed by atoms with Crippen LogP contribution in [-0.4, -0.2) is 22.4 Å². The van der Waals surface area contributed by atoms with Gasteiger partial charge in [-0.05, 0) is 24.3 Å². The summed E-state index contributed by atoms with van der Waals surface area (Å²) in [4.78, 5) is 9.95. The van der Waals surface area contributed by atoms with Gasteiger partial charge in [-0.2, -0.15) is 0 Å². The lowest BCUT2D eigenvalue weighted by atomic mass is 10.2. The molecule has 1 aromatic heterocycles. The van der Waals surface area contributed by atoms with Crippen LogP contribution < -0.4 is 0 Å². The van der Waals surface area contributed by atoms with E-state index in [9.17, 15) is 23.6 Å². The maximum absolute atomic E-state index is 12.9. The molecule has 0 fully saturated rings. The van der Waals surface area contributed by atoms with E-state index in [1.807, 2.05) is 0 Å². The van der Waals surface area contributed by atoms with Gasteiger partial charge in [-0.1, -0.05) is 29.3 Å². The largest absolute Gasteiger partial charge is 0.392 e. The highest BCUT2D eigenvalue weighted by molar-refractivity contribution is 7.90. The number of nitro groups is 1. The van der Waals surface area contributed by atoms with E-state index in [2.05, 4.69) is 0 Å². The fourth-order valence-corrected chi connectivity index (χ4v) is 4.23. The molecule has 0 radical (unpaired) electrons. The lowest BCUT2D eigenvalue weighted by Crippen LogP contribution is -2.12. The number of fused-ring (bicyclic) bond motifs is 1. The van der Waals surface area contributed by atoms with Crippen molar-refractivity contribution in [2.75, 3.05) is 0 Å². The zero-order valence-electron chi connectivity index (χ0n) is 12.4. The molecule has 7 nitrogen and oxygen atoms in total. The van der Waals surface area contributed by atoms with E-state index in [4.69, 9.17) is 23.2 Å². The number of aliphatic hydroxyl groups excluding tert-OH is 1. The second-order valence-electron chi connectivity index (χ2n) is 5.15. The van der Waals surface area contributed by atoms with Crippen molar-refractivity contribution >= 4 is 49.8 Å². The lowest BCUT2D eigenvalue weighted by molar-refractivity contribution is -0.384. The number of hydrogen-bond acceptors (Lipinski definition) is 5. The maximum atomic E-state index is 12.9. The Hall–Kier alpha value is -2.13. The van der Waals surface area contributed by atoms with Gasteiger partial charge in [-0.15, -0.1) is 0 Å². The van der Waals surface area contributed by atoms with Gasteiger partial charge in [0, 0.05) is 28.2 Å². The summed E-state index contributed by atoms with van der Waals surface area (Å²) < 4.78 is 26.8. The van der Waals surface area contributed by atoms with E-state index in [1.165, 1.54) is 18.3 Å². The van der Waals surface area contributed by atoms with E-state index >= 15 is 0 Å². The molecule has 0 unspecified atom stereocenters. The normalized spacial score (nSPS) is 11.8. The molecule has 0 amide bonds. The van der Waals surface area contributed by atoms with Crippen molar-refractivity contribution in [1.82, 2.24) is 3.97 Å². The number of rotatable bonds is 4. The van der Waals surface area contributed by atoms with Gasteiger partial charge in [-0.25, -0.2) is 12.4 Å². The second kappa shape index (κ2) is 6.30. The van der Waals surface area contributed by atoms with Crippen LogP contribution in [0.2, 0.25) is 10.0 Å². The molecule has 0 saturated heterocycles. The molecular formula is C15H10Cl2N2O5S. The third kappa shape index (κ3) is 2.98. The van der Waals surface area contributed by atoms with E-state index in [1.54, 1.807) is 12.1 Å². The Balaban J connectivity index is 2.29. The molecule has 3 rings (SSSR count). The average molecular weight is 401 g/mol. The fourth-order valence-electron chi connectivity index (χ4n) is 2.47. The highest BCUT2D eigenvalue weighted by atomic mass is 35.5. The number of hydrogen-bond donors (Lipinski definition) is 1. The van der Waals surface area contributed by atoms with Crippen LogP contribution in [0.3, 0.4) is 0 Å². The second-order valence-corrected chi connectivity index (χ2v) is 7.80. The first-order valence-corrected chi connectivity index (χ1v) is 9.05. The first-order chi connectivity index (χ1) is 11.8. The van der Waals surface area contributed by atoms with Gasteiger partial charge in [0.15, 0.2) is 0 Å². The summed E-state index contributed by atoms with van der Waals surface area (Å²) in [5, 5.41) is 21.1. The molecule has 0 aliphatic heterocycles. The quantitative estimate of drug-likeness (QED) is 0.532. The summed E-state index contributed by atoms with van der Waals surface area (Å²) in [6, 6.07) is 7.84. The predicted octanol–water partition coefficient (Wildman–Crippen LogP) is 3.59. The van der Waals surface area contributed by atoms with Crippen LogP contribution in [-0.2, 0) is 16.6 Å². The third-order valence-corrected chi connectivity index (χ3v) is 5.88. The summed E-state index contributed by atoms with van der Waals surface area (Å²) in [6.07, 6.45) is 1.26. The highest BCUT2D eigenvalue weighted by Crippen LogP contribution is 2.31. The molecule has 10 heteroatoms. The van der Waals surface area contributed by atoms with Crippen molar-refractivity contribution in [3.8, 4) is 0 Å². The van der Waals surface area contributed by atoms with Crippen LogP contribution in [0, 0.1) is 10.1 Å². The van der Waals surface area contributed by atoms with Crippen molar-refractivity contribution in [3.63, 3.8) is 0 Å². The summed E-state index contributed by atoms with van der Waals surface area (Å²) >= 11 is 11.7. The van der Waals surface area contributed by atoms with Crippen LogP contribution in [0.5, 0.6) is 0 Å². The minimum Gasteiger partial charge on any atom is -0.392 e. The molecule has 0 spiro atoms.